The van der Waals surface area contributed by atoms with Crippen molar-refractivity contribution in [1.82, 2.24) is 5.43 Å². The van der Waals surface area contributed by atoms with Crippen LogP contribution in [0.25, 0.3) is 0 Å². The number of methoxy groups -OCH3 is 1. The van der Waals surface area contributed by atoms with E-state index in [0.29, 0.717) is 19.3 Å². The van der Waals surface area contributed by atoms with Crippen molar-refractivity contribution in [3.63, 3.8) is 0 Å². The number of carbonyl (C=O) groups is 7. The minimum atomic E-state index is -1.84. The van der Waals surface area contributed by atoms with Crippen molar-refractivity contribution in [1.29, 1.82) is 0 Å². The molecule has 1 heterocycles. The second kappa shape index (κ2) is 16.1. The van der Waals surface area contributed by atoms with Gasteiger partial charge in [-0.1, -0.05) is 13.8 Å². The maximum atomic E-state index is 14.4. The number of hydrogen-bond donors (Lipinski definition) is 3. The molecule has 306 valence electrons. The number of carbonyl (C=O) groups excluding carboxylic acids is 7. The maximum absolute atomic E-state index is 14.4. The molecule has 5 fully saturated rings. The zero-order chi connectivity index (χ0) is 40.6. The van der Waals surface area contributed by atoms with E-state index in [-0.39, 0.29) is 65.5 Å². The van der Waals surface area contributed by atoms with Gasteiger partial charge in [0, 0.05) is 45.4 Å². The topological polar surface area (TPSA) is 255 Å². The zero-order valence-corrected chi connectivity index (χ0v) is 32.3. The summed E-state index contributed by atoms with van der Waals surface area (Å²) in [5.74, 6) is -4.23. The minimum absolute atomic E-state index is 0.000381. The monoisotopic (exact) mass is 779 g/mol. The van der Waals surface area contributed by atoms with Gasteiger partial charge in [0.1, 0.15) is 17.5 Å². The Hall–Kier alpha value is -4.16. The fourth-order valence-corrected chi connectivity index (χ4v) is 10.6. The van der Waals surface area contributed by atoms with Crippen LogP contribution in [0.5, 0.6) is 0 Å². The number of hydrogen-bond acceptors (Lipinski definition) is 16. The first-order valence-electron chi connectivity index (χ1n) is 18.7. The molecule has 0 spiro atoms. The van der Waals surface area contributed by atoms with Gasteiger partial charge in [-0.2, -0.15) is 5.10 Å². The van der Waals surface area contributed by atoms with Crippen molar-refractivity contribution in [3.8, 4) is 0 Å². The number of nitrogens with zero attached hydrogens (tertiary/aromatic N) is 1. The first kappa shape index (κ1) is 42.0. The van der Waals surface area contributed by atoms with E-state index in [0.717, 1.165) is 47.1 Å². The third-order valence-corrected chi connectivity index (χ3v) is 12.8. The number of Topliss-reactive ketones (excluding diaryl/α,β-unsaturated/α-hetero) is 1. The third kappa shape index (κ3) is 8.08. The first-order chi connectivity index (χ1) is 25.7. The normalized spacial score (nSPS) is 39.6. The fraction of sp³-hybridized carbons (Fsp3) is 0.784. The molecule has 2 amide bonds. The van der Waals surface area contributed by atoms with Crippen LogP contribution in [0.15, 0.2) is 5.10 Å². The van der Waals surface area contributed by atoms with Gasteiger partial charge in [0.05, 0.1) is 19.4 Å². The lowest BCUT2D eigenvalue weighted by Crippen LogP contribution is -2.64. The molecule has 4 saturated carbocycles. The van der Waals surface area contributed by atoms with Crippen molar-refractivity contribution >= 4 is 47.4 Å². The number of aliphatic hydroxyl groups is 1. The number of ether oxygens (including phenoxy) is 7. The molecular formula is C37H53N3O15. The Balaban J connectivity index is 1.45. The Kier molecular flexibility index (Phi) is 12.3. The summed E-state index contributed by atoms with van der Waals surface area (Å²) < 4.78 is 38.6. The molecule has 0 radical (unpaired) electrons. The lowest BCUT2D eigenvalue weighted by molar-refractivity contribution is -0.298. The molecule has 18 nitrogen and oxygen atoms in total. The van der Waals surface area contributed by atoms with Gasteiger partial charge in [-0.3, -0.25) is 24.0 Å². The van der Waals surface area contributed by atoms with Crippen LogP contribution in [0.1, 0.15) is 92.9 Å². The molecule has 5 aliphatic rings. The van der Waals surface area contributed by atoms with E-state index in [4.69, 9.17) is 38.9 Å². The van der Waals surface area contributed by atoms with Crippen LogP contribution in [0.2, 0.25) is 0 Å². The Morgan fingerprint density at radius 2 is 1.49 bits per heavy atom. The van der Waals surface area contributed by atoms with Crippen molar-refractivity contribution in [2.45, 2.75) is 135 Å². The number of ketones is 1. The number of urea groups is 1. The molecule has 0 unspecified atom stereocenters. The van der Waals surface area contributed by atoms with Crippen molar-refractivity contribution in [2.24, 2.45) is 45.3 Å². The van der Waals surface area contributed by atoms with Crippen LogP contribution in [-0.4, -0.2) is 109 Å². The average molecular weight is 780 g/mol. The Bertz CT molecular complexity index is 1600. The molecule has 0 aromatic heterocycles. The van der Waals surface area contributed by atoms with Crippen LogP contribution in [0.3, 0.4) is 0 Å². The van der Waals surface area contributed by atoms with Gasteiger partial charge < -0.3 is 44.0 Å². The SMILES string of the molecule is COC(=O)[C@@H]1O[C@H](OC/C(=N\NC(N)=O)[C@@]2(O)CC[C@@H]3[C@@H]4CC[C@@H]5C[C@H](OC(C)=O)CC[C@]5(C)[C@@H]4C(=O)C[C@]32C)[C@@H](OC(C)=O)[C@H](OC(C)=O)[C@H]1OC(C)=O. The first-order valence-corrected chi connectivity index (χ1v) is 18.7. The highest BCUT2D eigenvalue weighted by Gasteiger charge is 2.69. The molecule has 13 atom stereocenters. The molecule has 4 aliphatic carbocycles. The Morgan fingerprint density at radius 1 is 0.873 bits per heavy atom. The van der Waals surface area contributed by atoms with Gasteiger partial charge in [-0.05, 0) is 68.1 Å². The second-order valence-electron chi connectivity index (χ2n) is 16.0. The van der Waals surface area contributed by atoms with Crippen molar-refractivity contribution < 1.29 is 71.8 Å². The van der Waals surface area contributed by atoms with E-state index in [1.54, 1.807) is 0 Å². The highest BCUT2D eigenvalue weighted by Crippen LogP contribution is 2.67. The molecule has 1 saturated heterocycles. The number of amides is 2. The predicted octanol–water partition coefficient (Wildman–Crippen LogP) is 1.60. The highest BCUT2D eigenvalue weighted by atomic mass is 16.7. The van der Waals surface area contributed by atoms with E-state index in [1.807, 2.05) is 6.92 Å². The van der Waals surface area contributed by atoms with Gasteiger partial charge in [0.2, 0.25) is 0 Å². The number of primary amides is 1. The number of hydrazone groups is 1. The molecule has 0 bridgehead atoms. The van der Waals surface area contributed by atoms with Crippen LogP contribution in [0.4, 0.5) is 4.79 Å². The Morgan fingerprint density at radius 3 is 2.09 bits per heavy atom. The molecule has 0 aromatic carbocycles. The molecule has 5 rings (SSSR count). The number of nitrogens with two attached hydrogens (primary N) is 1. The van der Waals surface area contributed by atoms with Gasteiger partial charge in [0.15, 0.2) is 30.7 Å². The summed E-state index contributed by atoms with van der Waals surface area (Å²) >= 11 is 0. The molecular weight excluding hydrogens is 726 g/mol. The quantitative estimate of drug-likeness (QED) is 0.123. The zero-order valence-electron chi connectivity index (χ0n) is 32.3. The number of nitrogens with one attached hydrogen (secondary N) is 1. The van der Waals surface area contributed by atoms with E-state index >= 15 is 0 Å². The van der Waals surface area contributed by atoms with Crippen molar-refractivity contribution in [3.05, 3.63) is 0 Å². The van der Waals surface area contributed by atoms with Crippen LogP contribution < -0.4 is 11.2 Å². The second-order valence-corrected chi connectivity index (χ2v) is 16.0. The summed E-state index contributed by atoms with van der Waals surface area (Å²) in [7, 11) is 1.05. The summed E-state index contributed by atoms with van der Waals surface area (Å²) in [6.07, 6.45) is -4.20. The number of rotatable bonds is 10. The molecule has 55 heavy (non-hydrogen) atoms. The van der Waals surface area contributed by atoms with Gasteiger partial charge in [-0.15, -0.1) is 0 Å². The molecule has 18 heteroatoms. The minimum Gasteiger partial charge on any atom is -0.467 e. The fourth-order valence-electron chi connectivity index (χ4n) is 10.6. The average Bonchev–Trinajstić information content (AvgIpc) is 3.35. The maximum Gasteiger partial charge on any atom is 0.339 e. The summed E-state index contributed by atoms with van der Waals surface area (Å²) in [5, 5.41) is 16.9. The lowest BCUT2D eigenvalue weighted by Gasteiger charge is -2.60. The highest BCUT2D eigenvalue weighted by molar-refractivity contribution is 5.97. The Labute approximate surface area is 318 Å². The standard InChI is InChI=1S/C37H53N3O15/c1-17(41)51-22-10-12-35(5)21(14-22)8-9-23-24-11-13-37(48,36(24,6)15-25(45)27(23)35)26(39-40-34(38)47)16-50-33-31(54-20(4)44)29(53-19(3)43)28(52-18(2)42)30(55-33)32(46)49-7/h21-24,27-31,33,48H,8-16H2,1-7H3,(H3,38,40,47)/b39-26+/t21-,22-,23+,24-,27+,28-,29-,30-,31+,33+,35+,36-,37+/m1/s1. The van der Waals surface area contributed by atoms with Crippen LogP contribution in [-0.2, 0) is 61.9 Å². The summed E-state index contributed by atoms with van der Waals surface area (Å²) in [4.78, 5) is 87.7. The summed E-state index contributed by atoms with van der Waals surface area (Å²) in [5.41, 5.74) is 4.19. The van der Waals surface area contributed by atoms with Gasteiger partial charge >= 0.3 is 35.9 Å². The van der Waals surface area contributed by atoms with E-state index in [2.05, 4.69) is 17.5 Å². The van der Waals surface area contributed by atoms with E-state index in [9.17, 15) is 38.7 Å². The van der Waals surface area contributed by atoms with Crippen molar-refractivity contribution in [2.75, 3.05) is 13.7 Å². The smallest absolute Gasteiger partial charge is 0.339 e. The van der Waals surface area contributed by atoms with Gasteiger partial charge in [-0.25, -0.2) is 15.0 Å². The number of esters is 5. The van der Waals surface area contributed by atoms with Crippen LogP contribution in [0, 0.1) is 34.5 Å². The predicted molar refractivity (Wildman–Crippen MR) is 186 cm³/mol. The third-order valence-electron chi connectivity index (χ3n) is 12.8. The van der Waals surface area contributed by atoms with E-state index in [1.165, 1.54) is 6.92 Å². The summed E-state index contributed by atoms with van der Waals surface area (Å²) in [6, 6.07) is -1.05. The summed E-state index contributed by atoms with van der Waals surface area (Å²) in [6.45, 7) is 7.94. The largest absolute Gasteiger partial charge is 0.467 e. The van der Waals surface area contributed by atoms with Gasteiger partial charge in [0.25, 0.3) is 0 Å². The van der Waals surface area contributed by atoms with Crippen LogP contribution >= 0.6 is 0 Å². The number of fused-ring (bicyclic) bond motifs is 5. The molecule has 4 N–H and O–H groups in total. The van der Waals surface area contributed by atoms with E-state index < -0.39 is 78.2 Å². The lowest BCUT2D eigenvalue weighted by atomic mass is 9.44. The molecule has 0 aromatic rings. The molecule has 1 aliphatic heterocycles.